The van der Waals surface area contributed by atoms with Crippen molar-refractivity contribution in [2.45, 2.75) is 32.9 Å². The van der Waals surface area contributed by atoms with E-state index in [4.69, 9.17) is 17.3 Å². The van der Waals surface area contributed by atoms with Crippen LogP contribution in [0.15, 0.2) is 24.3 Å². The highest BCUT2D eigenvalue weighted by Crippen LogP contribution is 2.22. The van der Waals surface area contributed by atoms with Crippen molar-refractivity contribution >= 4 is 17.5 Å². The van der Waals surface area contributed by atoms with Crippen molar-refractivity contribution in [3.63, 3.8) is 0 Å². The van der Waals surface area contributed by atoms with Gasteiger partial charge in [-0.05, 0) is 31.5 Å². The molecule has 18 heavy (non-hydrogen) atoms. The van der Waals surface area contributed by atoms with Gasteiger partial charge in [0, 0.05) is 18.1 Å². The number of rotatable bonds is 4. The number of nitrogens with zero attached hydrogens (tertiary/aromatic N) is 1. The summed E-state index contributed by atoms with van der Waals surface area (Å²) in [6.45, 7) is 5.70. The molecule has 100 valence electrons. The zero-order valence-corrected chi connectivity index (χ0v) is 12.1. The van der Waals surface area contributed by atoms with Crippen LogP contribution in [0.1, 0.15) is 32.4 Å². The predicted molar refractivity (Wildman–Crippen MR) is 75.5 cm³/mol. The summed E-state index contributed by atoms with van der Waals surface area (Å²) in [7, 11) is 1.81. The van der Waals surface area contributed by atoms with Crippen LogP contribution in [-0.2, 0) is 4.79 Å². The number of hydrogen-bond acceptors (Lipinski definition) is 2. The van der Waals surface area contributed by atoms with Gasteiger partial charge in [-0.15, -0.1) is 0 Å². The minimum absolute atomic E-state index is 0.0102. The van der Waals surface area contributed by atoms with Gasteiger partial charge in [-0.1, -0.05) is 30.7 Å². The molecule has 0 saturated carbocycles. The van der Waals surface area contributed by atoms with Crippen LogP contribution in [-0.4, -0.2) is 23.9 Å². The van der Waals surface area contributed by atoms with Crippen LogP contribution < -0.4 is 5.73 Å². The number of carbonyl (C=O) groups excluding carboxylic acids is 1. The molecule has 3 atom stereocenters. The lowest BCUT2D eigenvalue weighted by Gasteiger charge is -2.29. The molecule has 0 fully saturated rings. The Morgan fingerprint density at radius 1 is 1.22 bits per heavy atom. The summed E-state index contributed by atoms with van der Waals surface area (Å²) in [4.78, 5) is 13.9. The molecule has 0 aliphatic carbocycles. The highest BCUT2D eigenvalue weighted by molar-refractivity contribution is 6.30. The van der Waals surface area contributed by atoms with Gasteiger partial charge in [0.1, 0.15) is 0 Å². The van der Waals surface area contributed by atoms with Gasteiger partial charge in [0.05, 0.1) is 12.0 Å². The highest BCUT2D eigenvalue weighted by atomic mass is 35.5. The van der Waals surface area contributed by atoms with Crippen LogP contribution in [0.4, 0.5) is 0 Å². The summed E-state index contributed by atoms with van der Waals surface area (Å²) >= 11 is 5.85. The van der Waals surface area contributed by atoms with Crippen LogP contribution in [0.5, 0.6) is 0 Å². The molecule has 1 rings (SSSR count). The summed E-state index contributed by atoms with van der Waals surface area (Å²) in [6, 6.07) is 7.41. The lowest BCUT2D eigenvalue weighted by atomic mass is 10.0. The van der Waals surface area contributed by atoms with E-state index < -0.39 is 0 Å². The number of nitrogens with two attached hydrogens (primary N) is 1. The monoisotopic (exact) mass is 268 g/mol. The fourth-order valence-electron chi connectivity index (χ4n) is 1.70. The molecule has 0 aliphatic heterocycles. The van der Waals surface area contributed by atoms with Crippen molar-refractivity contribution in [1.29, 1.82) is 0 Å². The van der Waals surface area contributed by atoms with Gasteiger partial charge in [-0.3, -0.25) is 4.79 Å². The van der Waals surface area contributed by atoms with Gasteiger partial charge in [-0.2, -0.15) is 0 Å². The Labute approximate surface area is 114 Å². The fourth-order valence-corrected chi connectivity index (χ4v) is 1.83. The molecule has 0 radical (unpaired) electrons. The normalized spacial score (nSPS) is 15.9. The van der Waals surface area contributed by atoms with E-state index >= 15 is 0 Å². The number of benzene rings is 1. The molecule has 3 nitrogen and oxygen atoms in total. The molecule has 2 N–H and O–H groups in total. The first-order valence-electron chi connectivity index (χ1n) is 6.12. The summed E-state index contributed by atoms with van der Waals surface area (Å²) in [5.41, 5.74) is 6.83. The molecule has 0 bridgehead atoms. The molecule has 0 heterocycles. The second-order valence-corrected chi connectivity index (χ2v) is 5.26. The van der Waals surface area contributed by atoms with Crippen LogP contribution >= 0.6 is 11.6 Å². The average Bonchev–Trinajstić information content (AvgIpc) is 2.36. The Hall–Kier alpha value is -1.06. The van der Waals surface area contributed by atoms with Crippen LogP contribution in [0.2, 0.25) is 5.02 Å². The fraction of sp³-hybridized carbons (Fsp3) is 0.500. The van der Waals surface area contributed by atoms with Crippen molar-refractivity contribution in [3.05, 3.63) is 34.9 Å². The van der Waals surface area contributed by atoms with Crippen LogP contribution in [0.3, 0.4) is 0 Å². The molecule has 1 amide bonds. The minimum Gasteiger partial charge on any atom is -0.339 e. The maximum Gasteiger partial charge on any atom is 0.227 e. The molecule has 0 spiro atoms. The van der Waals surface area contributed by atoms with E-state index in [-0.39, 0.29) is 23.9 Å². The summed E-state index contributed by atoms with van der Waals surface area (Å²) in [5.74, 6) is -0.114. The largest absolute Gasteiger partial charge is 0.339 e. The van der Waals surface area contributed by atoms with Crippen molar-refractivity contribution in [1.82, 2.24) is 4.90 Å². The third-order valence-corrected chi connectivity index (χ3v) is 3.71. The third kappa shape index (κ3) is 3.47. The molecule has 0 saturated heterocycles. The third-order valence-electron chi connectivity index (χ3n) is 3.46. The average molecular weight is 269 g/mol. The Bertz CT molecular complexity index is 403. The summed E-state index contributed by atoms with van der Waals surface area (Å²) in [6.07, 6.45) is 0. The first-order chi connectivity index (χ1) is 8.34. The van der Waals surface area contributed by atoms with Crippen LogP contribution in [0, 0.1) is 5.92 Å². The van der Waals surface area contributed by atoms with E-state index in [1.54, 1.807) is 11.9 Å². The van der Waals surface area contributed by atoms with Crippen LogP contribution in [0.25, 0.3) is 0 Å². The molecule has 0 aromatic heterocycles. The molecular formula is C14H21ClN2O. The van der Waals surface area contributed by atoms with Gasteiger partial charge < -0.3 is 10.6 Å². The highest BCUT2D eigenvalue weighted by Gasteiger charge is 2.24. The lowest BCUT2D eigenvalue weighted by molar-refractivity contribution is -0.136. The first kappa shape index (κ1) is 15.0. The van der Waals surface area contributed by atoms with Crippen molar-refractivity contribution < 1.29 is 4.79 Å². The van der Waals surface area contributed by atoms with Crippen molar-refractivity contribution in [2.75, 3.05) is 7.05 Å². The van der Waals surface area contributed by atoms with Gasteiger partial charge in [0.2, 0.25) is 5.91 Å². The minimum atomic E-state index is -0.176. The van der Waals surface area contributed by atoms with Crippen molar-refractivity contribution in [2.24, 2.45) is 11.7 Å². The number of amides is 1. The predicted octanol–water partition coefficient (Wildman–Crippen LogP) is 2.84. The second kappa shape index (κ2) is 6.21. The lowest BCUT2D eigenvalue weighted by Crippen LogP contribution is -2.40. The quantitative estimate of drug-likeness (QED) is 0.913. The Balaban J connectivity index is 2.80. The van der Waals surface area contributed by atoms with E-state index in [0.29, 0.717) is 5.02 Å². The SMILES string of the molecule is CC(N)C(C)C(=O)N(C)C(C)c1ccc(Cl)cc1. The zero-order valence-electron chi connectivity index (χ0n) is 11.4. The van der Waals surface area contributed by atoms with E-state index in [1.807, 2.05) is 45.0 Å². The number of halogens is 1. The second-order valence-electron chi connectivity index (χ2n) is 4.82. The Morgan fingerprint density at radius 2 is 1.72 bits per heavy atom. The summed E-state index contributed by atoms with van der Waals surface area (Å²) in [5, 5.41) is 0.698. The molecule has 3 unspecified atom stereocenters. The van der Waals surface area contributed by atoms with E-state index in [9.17, 15) is 4.79 Å². The van der Waals surface area contributed by atoms with Gasteiger partial charge in [-0.25, -0.2) is 0 Å². The maximum absolute atomic E-state index is 12.2. The van der Waals surface area contributed by atoms with E-state index in [2.05, 4.69) is 0 Å². The van der Waals surface area contributed by atoms with Gasteiger partial charge in [0.25, 0.3) is 0 Å². The standard InChI is InChI=1S/C14H21ClN2O/c1-9(10(2)16)14(18)17(4)11(3)12-5-7-13(15)8-6-12/h5-11H,16H2,1-4H3. The Kier molecular flexibility index (Phi) is 5.17. The summed E-state index contributed by atoms with van der Waals surface area (Å²) < 4.78 is 0. The zero-order chi connectivity index (χ0) is 13.9. The molecule has 1 aromatic carbocycles. The topological polar surface area (TPSA) is 46.3 Å². The van der Waals surface area contributed by atoms with Crippen molar-refractivity contribution in [3.8, 4) is 0 Å². The number of hydrogen-bond donors (Lipinski definition) is 1. The molecule has 0 aliphatic rings. The maximum atomic E-state index is 12.2. The van der Waals surface area contributed by atoms with Gasteiger partial charge >= 0.3 is 0 Å². The van der Waals surface area contributed by atoms with E-state index in [1.165, 1.54) is 0 Å². The van der Waals surface area contributed by atoms with Gasteiger partial charge in [0.15, 0.2) is 0 Å². The molecule has 1 aromatic rings. The molecule has 4 heteroatoms. The Morgan fingerprint density at radius 3 is 2.17 bits per heavy atom. The van der Waals surface area contributed by atoms with E-state index in [0.717, 1.165) is 5.56 Å². The first-order valence-corrected chi connectivity index (χ1v) is 6.50. The number of carbonyl (C=O) groups is 1. The molecular weight excluding hydrogens is 248 g/mol. The smallest absolute Gasteiger partial charge is 0.227 e.